The highest BCUT2D eigenvalue weighted by molar-refractivity contribution is 5.24. The van der Waals surface area contributed by atoms with Gasteiger partial charge in [0.25, 0.3) is 0 Å². The van der Waals surface area contributed by atoms with Crippen LogP contribution in [0.25, 0.3) is 0 Å². The molecular weight excluding hydrogens is 148 g/mol. The van der Waals surface area contributed by atoms with E-state index < -0.39 is 0 Å². The van der Waals surface area contributed by atoms with E-state index in [1.807, 2.05) is 0 Å². The van der Waals surface area contributed by atoms with Crippen molar-refractivity contribution in [3.63, 3.8) is 0 Å². The Labute approximate surface area is 74.1 Å². The Morgan fingerprint density at radius 3 is 2.50 bits per heavy atom. The van der Waals surface area contributed by atoms with Gasteiger partial charge in [0.15, 0.2) is 0 Å². The molecule has 2 heteroatoms. The van der Waals surface area contributed by atoms with Gasteiger partial charge in [0.2, 0.25) is 0 Å². The molecule has 1 heterocycles. The summed E-state index contributed by atoms with van der Waals surface area (Å²) in [4.78, 5) is 8.50. The summed E-state index contributed by atoms with van der Waals surface area (Å²) in [6, 6.07) is 0. The monoisotopic (exact) mass is 164 g/mol. The van der Waals surface area contributed by atoms with E-state index in [4.69, 9.17) is 0 Å². The van der Waals surface area contributed by atoms with E-state index in [-0.39, 0.29) is 0 Å². The Kier molecular flexibility index (Phi) is 2.79. The van der Waals surface area contributed by atoms with Crippen LogP contribution in [0.4, 0.5) is 0 Å². The summed E-state index contributed by atoms with van der Waals surface area (Å²) in [5.74, 6) is 0.498. The van der Waals surface area contributed by atoms with Gasteiger partial charge in [0.05, 0.1) is 0 Å². The van der Waals surface area contributed by atoms with Crippen molar-refractivity contribution < 1.29 is 0 Å². The topological polar surface area (TPSA) is 25.8 Å². The summed E-state index contributed by atoms with van der Waals surface area (Å²) in [6.07, 6.45) is 2.66. The lowest BCUT2D eigenvalue weighted by molar-refractivity contribution is 0.786. The van der Waals surface area contributed by atoms with Crippen LogP contribution in [0.1, 0.15) is 43.6 Å². The Morgan fingerprint density at radius 1 is 1.33 bits per heavy atom. The number of aryl methyl sites for hydroxylation is 1. The quantitative estimate of drug-likeness (QED) is 0.671. The smallest absolute Gasteiger partial charge is 0.115 e. The molecule has 0 aliphatic rings. The lowest BCUT2D eigenvalue weighted by atomic mass is 10.0. The van der Waals surface area contributed by atoms with Crippen LogP contribution < -0.4 is 0 Å². The summed E-state index contributed by atoms with van der Waals surface area (Å²) in [6.45, 7) is 8.55. The first-order chi connectivity index (χ1) is 5.66. The summed E-state index contributed by atoms with van der Waals surface area (Å²) in [7, 11) is 0. The fourth-order valence-corrected chi connectivity index (χ4v) is 1.44. The van der Waals surface area contributed by atoms with E-state index in [9.17, 15) is 0 Å². The van der Waals surface area contributed by atoms with E-state index >= 15 is 0 Å². The predicted octanol–water partition coefficient (Wildman–Crippen LogP) is 2.47. The third kappa shape index (κ3) is 1.63. The van der Waals surface area contributed by atoms with Crippen molar-refractivity contribution >= 4 is 0 Å². The molecule has 0 saturated carbocycles. The van der Waals surface area contributed by atoms with Crippen LogP contribution in [-0.4, -0.2) is 9.97 Å². The number of rotatable bonds is 2. The Bertz CT molecular complexity index is 267. The first-order valence-electron chi connectivity index (χ1n) is 4.47. The number of hydrogen-bond acceptors (Lipinski definition) is 2. The van der Waals surface area contributed by atoms with Gasteiger partial charge in [-0.05, 0) is 24.8 Å². The normalized spacial score (nSPS) is 10.8. The molecule has 0 bridgehead atoms. The first-order valence-corrected chi connectivity index (χ1v) is 4.47. The van der Waals surface area contributed by atoms with Crippen molar-refractivity contribution in [2.24, 2.45) is 0 Å². The van der Waals surface area contributed by atoms with Crippen LogP contribution in [-0.2, 0) is 6.42 Å². The summed E-state index contributed by atoms with van der Waals surface area (Å²) < 4.78 is 0. The molecule has 0 aliphatic heterocycles. The molecule has 0 spiro atoms. The maximum Gasteiger partial charge on any atom is 0.115 e. The van der Waals surface area contributed by atoms with Crippen molar-refractivity contribution in [2.45, 2.75) is 40.0 Å². The van der Waals surface area contributed by atoms with E-state index in [0.717, 1.165) is 6.42 Å². The van der Waals surface area contributed by atoms with Gasteiger partial charge in [-0.1, -0.05) is 20.8 Å². The largest absolute Gasteiger partial charge is 0.241 e. The zero-order valence-electron chi connectivity index (χ0n) is 8.26. The van der Waals surface area contributed by atoms with Crippen molar-refractivity contribution in [3.8, 4) is 0 Å². The van der Waals surface area contributed by atoms with Gasteiger partial charge >= 0.3 is 0 Å². The third-order valence-corrected chi connectivity index (χ3v) is 2.11. The lowest BCUT2D eigenvalue weighted by Gasteiger charge is -2.10. The van der Waals surface area contributed by atoms with Crippen LogP contribution in [0.3, 0.4) is 0 Å². The van der Waals surface area contributed by atoms with Crippen molar-refractivity contribution in [2.75, 3.05) is 0 Å². The molecule has 12 heavy (non-hydrogen) atoms. The molecule has 0 aromatic carbocycles. The zero-order chi connectivity index (χ0) is 9.14. The van der Waals surface area contributed by atoms with Crippen LogP contribution >= 0.6 is 0 Å². The average molecular weight is 164 g/mol. The van der Waals surface area contributed by atoms with Crippen molar-refractivity contribution in [1.29, 1.82) is 0 Å². The molecule has 0 atom stereocenters. The molecule has 1 aromatic rings. The lowest BCUT2D eigenvalue weighted by Crippen LogP contribution is -2.02. The highest BCUT2D eigenvalue weighted by Gasteiger charge is 2.07. The van der Waals surface area contributed by atoms with Crippen molar-refractivity contribution in [3.05, 3.63) is 23.3 Å². The van der Waals surface area contributed by atoms with Crippen LogP contribution in [0.15, 0.2) is 6.33 Å². The molecule has 0 amide bonds. The Balaban J connectivity index is 3.14. The number of hydrogen-bond donors (Lipinski definition) is 0. The third-order valence-electron chi connectivity index (χ3n) is 2.11. The van der Waals surface area contributed by atoms with Gasteiger partial charge in [-0.15, -0.1) is 0 Å². The molecule has 2 nitrogen and oxygen atoms in total. The SMILES string of the molecule is CCc1ncnc(C(C)C)c1C. The minimum Gasteiger partial charge on any atom is -0.241 e. The van der Waals surface area contributed by atoms with Crippen LogP contribution in [0.5, 0.6) is 0 Å². The molecule has 0 radical (unpaired) electrons. The van der Waals surface area contributed by atoms with Gasteiger partial charge in [-0.2, -0.15) is 0 Å². The molecule has 0 N–H and O–H groups in total. The standard InChI is InChI=1S/C10H16N2/c1-5-9-8(4)10(7(2)3)12-6-11-9/h6-7H,5H2,1-4H3. The van der Waals surface area contributed by atoms with Gasteiger partial charge in [0, 0.05) is 11.4 Å². The second-order valence-corrected chi connectivity index (χ2v) is 3.34. The fraction of sp³-hybridized carbons (Fsp3) is 0.600. The molecular formula is C10H16N2. The molecule has 0 aliphatic carbocycles. The molecule has 0 unspecified atom stereocenters. The van der Waals surface area contributed by atoms with Gasteiger partial charge < -0.3 is 0 Å². The first kappa shape index (κ1) is 9.17. The summed E-state index contributed by atoms with van der Waals surface area (Å²) in [5, 5.41) is 0. The minimum atomic E-state index is 0.498. The molecule has 1 aromatic heterocycles. The van der Waals surface area contributed by atoms with E-state index in [0.29, 0.717) is 5.92 Å². The maximum atomic E-state index is 4.28. The Morgan fingerprint density at radius 2 is 2.00 bits per heavy atom. The van der Waals surface area contributed by atoms with Gasteiger partial charge in [-0.3, -0.25) is 0 Å². The second-order valence-electron chi connectivity index (χ2n) is 3.34. The van der Waals surface area contributed by atoms with E-state index in [1.54, 1.807) is 6.33 Å². The van der Waals surface area contributed by atoms with Gasteiger partial charge in [-0.25, -0.2) is 9.97 Å². The molecule has 0 fully saturated rings. The second kappa shape index (κ2) is 3.65. The minimum absolute atomic E-state index is 0.498. The number of aromatic nitrogens is 2. The van der Waals surface area contributed by atoms with Crippen molar-refractivity contribution in [1.82, 2.24) is 9.97 Å². The zero-order valence-corrected chi connectivity index (χ0v) is 8.26. The summed E-state index contributed by atoms with van der Waals surface area (Å²) >= 11 is 0. The summed E-state index contributed by atoms with van der Waals surface area (Å²) in [5.41, 5.74) is 3.62. The highest BCUT2D eigenvalue weighted by atomic mass is 14.8. The Hall–Kier alpha value is -0.920. The predicted molar refractivity (Wildman–Crippen MR) is 50.2 cm³/mol. The van der Waals surface area contributed by atoms with Crippen LogP contribution in [0, 0.1) is 6.92 Å². The fourth-order valence-electron chi connectivity index (χ4n) is 1.44. The molecule has 1 rings (SSSR count). The van der Waals surface area contributed by atoms with E-state index in [1.165, 1.54) is 17.0 Å². The molecule has 0 saturated heterocycles. The van der Waals surface area contributed by atoms with Crippen LogP contribution in [0.2, 0.25) is 0 Å². The maximum absolute atomic E-state index is 4.28. The highest BCUT2D eigenvalue weighted by Crippen LogP contribution is 2.17. The average Bonchev–Trinajstić information content (AvgIpc) is 2.04. The van der Waals surface area contributed by atoms with E-state index in [2.05, 4.69) is 37.7 Å². The number of nitrogens with zero attached hydrogens (tertiary/aromatic N) is 2. The van der Waals surface area contributed by atoms with Gasteiger partial charge in [0.1, 0.15) is 6.33 Å². The molecule has 66 valence electrons.